The largest absolute Gasteiger partial charge is 0.406 e. The summed E-state index contributed by atoms with van der Waals surface area (Å²) in [5.41, 5.74) is 0.624. The zero-order chi connectivity index (χ0) is 18.6. The van der Waals surface area contributed by atoms with Crippen LogP contribution in [0, 0.1) is 5.92 Å². The number of nitrogens with zero attached hydrogens (tertiary/aromatic N) is 2. The Bertz CT molecular complexity index is 637. The zero-order valence-corrected chi connectivity index (χ0v) is 15.4. The number of benzene rings is 1. The molecule has 1 aromatic carbocycles. The maximum absolute atomic E-state index is 12.8. The predicted molar refractivity (Wildman–Crippen MR) is 92.1 cm³/mol. The van der Waals surface area contributed by atoms with Crippen LogP contribution in [-0.2, 0) is 9.59 Å². The summed E-state index contributed by atoms with van der Waals surface area (Å²) < 4.78 is 39.0. The van der Waals surface area contributed by atoms with Crippen molar-refractivity contribution in [1.29, 1.82) is 0 Å². The summed E-state index contributed by atoms with van der Waals surface area (Å²) in [7, 11) is 0. The molecule has 1 unspecified atom stereocenters. The first-order chi connectivity index (χ1) is 11.7. The second-order valence-corrected chi connectivity index (χ2v) is 6.94. The molecule has 1 saturated heterocycles. The van der Waals surface area contributed by atoms with Crippen LogP contribution in [0.3, 0.4) is 0 Å². The molecule has 1 fully saturated rings. The second-order valence-electron chi connectivity index (χ2n) is 6.09. The summed E-state index contributed by atoms with van der Waals surface area (Å²) in [5, 5.41) is 0. The number of halogens is 4. The number of amides is 2. The number of para-hydroxylation sites is 1. The van der Waals surface area contributed by atoms with Gasteiger partial charge < -0.3 is 9.80 Å². The van der Waals surface area contributed by atoms with E-state index in [9.17, 15) is 22.8 Å². The van der Waals surface area contributed by atoms with Crippen molar-refractivity contribution >= 4 is 33.4 Å². The predicted octanol–water partition coefficient (Wildman–Crippen LogP) is 3.99. The summed E-state index contributed by atoms with van der Waals surface area (Å²) in [4.78, 5) is 27.1. The van der Waals surface area contributed by atoms with Crippen LogP contribution < -0.4 is 4.90 Å². The normalized spacial score (nSPS) is 17.9. The Hall–Kier alpha value is -1.57. The van der Waals surface area contributed by atoms with Crippen molar-refractivity contribution in [3.63, 3.8) is 0 Å². The smallest absolute Gasteiger partial charge is 0.333 e. The molecule has 1 aliphatic heterocycles. The van der Waals surface area contributed by atoms with Gasteiger partial charge in [0.25, 0.3) is 0 Å². The third-order valence-corrected chi connectivity index (χ3v) is 4.75. The fraction of sp³-hybridized carbons (Fsp3) is 0.529. The molecule has 0 spiro atoms. The Morgan fingerprint density at radius 3 is 2.64 bits per heavy atom. The van der Waals surface area contributed by atoms with Crippen molar-refractivity contribution in [3.8, 4) is 0 Å². The minimum Gasteiger partial charge on any atom is -0.333 e. The fourth-order valence-electron chi connectivity index (χ4n) is 2.87. The Morgan fingerprint density at radius 1 is 1.36 bits per heavy atom. The molecule has 1 aliphatic rings. The lowest BCUT2D eigenvalue weighted by Crippen LogP contribution is -2.43. The fourth-order valence-corrected chi connectivity index (χ4v) is 3.37. The standard InChI is InChI=1S/C17H20BrF3N2O2/c1-2-3-8-22(11-17(19,20)21)16(25)12-9-15(24)23(10-12)14-7-5-4-6-13(14)18/h4-7,12H,2-3,8-11H2,1H3. The van der Waals surface area contributed by atoms with Gasteiger partial charge in [0.05, 0.1) is 11.6 Å². The Balaban J connectivity index is 2.13. The van der Waals surface area contributed by atoms with E-state index in [2.05, 4.69) is 15.9 Å². The first-order valence-corrected chi connectivity index (χ1v) is 8.92. The molecule has 2 amide bonds. The van der Waals surface area contributed by atoms with Crippen molar-refractivity contribution in [2.45, 2.75) is 32.4 Å². The third-order valence-electron chi connectivity index (χ3n) is 4.08. The van der Waals surface area contributed by atoms with Crippen LogP contribution in [0.2, 0.25) is 0 Å². The van der Waals surface area contributed by atoms with E-state index in [1.165, 1.54) is 4.90 Å². The number of carbonyl (C=O) groups excluding carboxylic acids is 2. The molecule has 0 aromatic heterocycles. The number of carbonyl (C=O) groups is 2. The molecule has 0 N–H and O–H groups in total. The SMILES string of the molecule is CCCCN(CC(F)(F)F)C(=O)C1CC(=O)N(c2ccccc2Br)C1. The van der Waals surface area contributed by atoms with Gasteiger partial charge in [-0.3, -0.25) is 9.59 Å². The van der Waals surface area contributed by atoms with E-state index < -0.39 is 24.5 Å². The van der Waals surface area contributed by atoms with Crippen LogP contribution in [0.15, 0.2) is 28.7 Å². The minimum atomic E-state index is -4.45. The highest BCUT2D eigenvalue weighted by Gasteiger charge is 2.40. The maximum Gasteiger partial charge on any atom is 0.406 e. The molecule has 1 heterocycles. The van der Waals surface area contributed by atoms with Crippen LogP contribution in [0.4, 0.5) is 18.9 Å². The number of hydrogen-bond acceptors (Lipinski definition) is 2. The van der Waals surface area contributed by atoms with Crippen LogP contribution in [0.5, 0.6) is 0 Å². The minimum absolute atomic E-state index is 0.0502. The van der Waals surface area contributed by atoms with Crippen LogP contribution in [0.1, 0.15) is 26.2 Å². The van der Waals surface area contributed by atoms with Gasteiger partial charge in [0.1, 0.15) is 6.54 Å². The van der Waals surface area contributed by atoms with E-state index in [0.29, 0.717) is 23.0 Å². The molecule has 0 bridgehead atoms. The number of unbranched alkanes of at least 4 members (excludes halogenated alkanes) is 1. The van der Waals surface area contributed by atoms with Gasteiger partial charge in [-0.1, -0.05) is 25.5 Å². The first-order valence-electron chi connectivity index (χ1n) is 8.13. The summed E-state index contributed by atoms with van der Waals surface area (Å²) >= 11 is 3.36. The molecule has 25 heavy (non-hydrogen) atoms. The topological polar surface area (TPSA) is 40.6 Å². The summed E-state index contributed by atoms with van der Waals surface area (Å²) in [6.45, 7) is 0.727. The van der Waals surface area contributed by atoms with E-state index >= 15 is 0 Å². The summed E-state index contributed by atoms with van der Waals surface area (Å²) in [6, 6.07) is 7.07. The molecule has 0 radical (unpaired) electrons. The van der Waals surface area contributed by atoms with Gasteiger partial charge in [-0.05, 0) is 34.5 Å². The van der Waals surface area contributed by atoms with E-state index in [0.717, 1.165) is 4.90 Å². The summed E-state index contributed by atoms with van der Waals surface area (Å²) in [6.07, 6.45) is -3.33. The third kappa shape index (κ3) is 5.20. The van der Waals surface area contributed by atoms with E-state index in [4.69, 9.17) is 0 Å². The number of hydrogen-bond donors (Lipinski definition) is 0. The highest BCUT2D eigenvalue weighted by atomic mass is 79.9. The highest BCUT2D eigenvalue weighted by Crippen LogP contribution is 2.32. The maximum atomic E-state index is 12.8. The van der Waals surface area contributed by atoms with Gasteiger partial charge in [-0.15, -0.1) is 0 Å². The lowest BCUT2D eigenvalue weighted by atomic mass is 10.1. The molecule has 138 valence electrons. The zero-order valence-electron chi connectivity index (χ0n) is 13.9. The van der Waals surface area contributed by atoms with Gasteiger partial charge >= 0.3 is 6.18 Å². The van der Waals surface area contributed by atoms with Crippen LogP contribution in [0.25, 0.3) is 0 Å². The van der Waals surface area contributed by atoms with Crippen LogP contribution >= 0.6 is 15.9 Å². The molecule has 2 rings (SSSR count). The van der Waals surface area contributed by atoms with E-state index in [-0.39, 0.29) is 25.4 Å². The number of rotatable bonds is 6. The van der Waals surface area contributed by atoms with Gasteiger partial charge in [0.2, 0.25) is 11.8 Å². The Kier molecular flexibility index (Phi) is 6.48. The molecule has 4 nitrogen and oxygen atoms in total. The average Bonchev–Trinajstić information content (AvgIpc) is 2.92. The molecule has 1 aromatic rings. The molecular formula is C17H20BrF3N2O2. The van der Waals surface area contributed by atoms with Crippen molar-refractivity contribution in [3.05, 3.63) is 28.7 Å². The Labute approximate surface area is 153 Å². The molecule has 0 aliphatic carbocycles. The molecule has 8 heteroatoms. The molecule has 1 atom stereocenters. The van der Waals surface area contributed by atoms with Gasteiger partial charge in [-0.2, -0.15) is 13.2 Å². The molecule has 0 saturated carbocycles. The van der Waals surface area contributed by atoms with Gasteiger partial charge in [-0.25, -0.2) is 0 Å². The quantitative estimate of drug-likeness (QED) is 0.697. The van der Waals surface area contributed by atoms with Crippen molar-refractivity contribution in [2.24, 2.45) is 5.92 Å². The van der Waals surface area contributed by atoms with Gasteiger partial charge in [0, 0.05) is 24.0 Å². The van der Waals surface area contributed by atoms with E-state index in [1.807, 2.05) is 6.92 Å². The first kappa shape index (κ1) is 19.8. The van der Waals surface area contributed by atoms with Gasteiger partial charge in [0.15, 0.2) is 0 Å². The number of alkyl halides is 3. The van der Waals surface area contributed by atoms with Crippen molar-refractivity contribution in [2.75, 3.05) is 24.5 Å². The highest BCUT2D eigenvalue weighted by molar-refractivity contribution is 9.10. The van der Waals surface area contributed by atoms with Crippen molar-refractivity contribution in [1.82, 2.24) is 4.90 Å². The number of anilines is 1. The molecular weight excluding hydrogens is 401 g/mol. The van der Waals surface area contributed by atoms with E-state index in [1.54, 1.807) is 24.3 Å². The monoisotopic (exact) mass is 420 g/mol. The second kappa shape index (κ2) is 8.21. The Morgan fingerprint density at radius 2 is 2.04 bits per heavy atom. The lowest BCUT2D eigenvalue weighted by Gasteiger charge is -2.26. The average molecular weight is 421 g/mol. The van der Waals surface area contributed by atoms with Crippen molar-refractivity contribution < 1.29 is 22.8 Å². The van der Waals surface area contributed by atoms with Crippen LogP contribution in [-0.4, -0.2) is 42.5 Å². The lowest BCUT2D eigenvalue weighted by molar-refractivity contribution is -0.163. The summed E-state index contributed by atoms with van der Waals surface area (Å²) in [5.74, 6) is -1.61.